The van der Waals surface area contributed by atoms with E-state index in [9.17, 15) is 0 Å². The summed E-state index contributed by atoms with van der Waals surface area (Å²) >= 11 is 0. The molecule has 64 valence electrons. The highest BCUT2D eigenvalue weighted by molar-refractivity contribution is 5.03. The highest BCUT2D eigenvalue weighted by atomic mass is 14.8. The maximum atomic E-state index is 6.27. The molecule has 0 aliphatic heterocycles. The summed E-state index contributed by atoms with van der Waals surface area (Å²) in [6, 6.07) is 0. The van der Waals surface area contributed by atoms with Gasteiger partial charge in [-0.1, -0.05) is 13.8 Å². The van der Waals surface area contributed by atoms with Gasteiger partial charge in [-0.25, -0.2) is 0 Å². The molecule has 11 heavy (non-hydrogen) atoms. The van der Waals surface area contributed by atoms with Crippen molar-refractivity contribution < 1.29 is 0 Å². The quantitative estimate of drug-likeness (QED) is 0.568. The van der Waals surface area contributed by atoms with E-state index in [2.05, 4.69) is 13.8 Å². The van der Waals surface area contributed by atoms with Gasteiger partial charge in [0.1, 0.15) is 0 Å². The van der Waals surface area contributed by atoms with Gasteiger partial charge in [-0.2, -0.15) is 0 Å². The van der Waals surface area contributed by atoms with Gasteiger partial charge in [-0.3, -0.25) is 0 Å². The number of hydrogen-bond acceptors (Lipinski definition) is 1. The third kappa shape index (κ3) is 1.10. The lowest BCUT2D eigenvalue weighted by atomic mass is 9.55. The molecule has 1 nitrogen and oxygen atoms in total. The van der Waals surface area contributed by atoms with Gasteiger partial charge in [-0.05, 0) is 43.4 Å². The Labute approximate surface area is 69.4 Å². The molecule has 0 aromatic carbocycles. The average Bonchev–Trinajstić information content (AvgIpc) is 1.84. The van der Waals surface area contributed by atoms with Gasteiger partial charge in [-0.15, -0.1) is 0 Å². The van der Waals surface area contributed by atoms with Gasteiger partial charge in [0.25, 0.3) is 0 Å². The van der Waals surface area contributed by atoms with E-state index in [1.54, 1.807) is 0 Å². The summed E-state index contributed by atoms with van der Waals surface area (Å²) in [6.07, 6.45) is 6.57. The molecule has 0 saturated heterocycles. The van der Waals surface area contributed by atoms with E-state index >= 15 is 0 Å². The van der Waals surface area contributed by atoms with Crippen molar-refractivity contribution in [1.29, 1.82) is 0 Å². The summed E-state index contributed by atoms with van der Waals surface area (Å²) in [5, 5.41) is 0. The molecule has 3 aliphatic rings. The normalized spacial score (nSPS) is 47.7. The number of nitrogens with two attached hydrogens (primary N) is 1. The van der Waals surface area contributed by atoms with Gasteiger partial charge in [0.05, 0.1) is 0 Å². The van der Waals surface area contributed by atoms with E-state index < -0.39 is 0 Å². The molecule has 0 aromatic heterocycles. The lowest BCUT2D eigenvalue weighted by Crippen LogP contribution is -2.54. The monoisotopic (exact) mass is 153 g/mol. The molecule has 0 atom stereocenters. The van der Waals surface area contributed by atoms with Crippen molar-refractivity contribution in [1.82, 2.24) is 0 Å². The highest BCUT2D eigenvalue weighted by Crippen LogP contribution is 2.52. The van der Waals surface area contributed by atoms with Crippen LogP contribution in [0.3, 0.4) is 0 Å². The molecule has 3 rings (SSSR count). The Morgan fingerprint density at radius 1 is 1.18 bits per heavy atom. The molecule has 0 aromatic rings. The first-order valence-electron chi connectivity index (χ1n) is 4.81. The summed E-state index contributed by atoms with van der Waals surface area (Å²) in [5.74, 6) is 0.966. The first-order valence-corrected chi connectivity index (χ1v) is 4.81. The van der Waals surface area contributed by atoms with Gasteiger partial charge in [0.15, 0.2) is 0 Å². The molecule has 3 fully saturated rings. The number of hydrogen-bond donors (Lipinski definition) is 1. The fraction of sp³-hybridized carbons (Fsp3) is 1.00. The van der Waals surface area contributed by atoms with Crippen LogP contribution >= 0.6 is 0 Å². The van der Waals surface area contributed by atoms with E-state index in [1.807, 2.05) is 0 Å². The zero-order chi connectivity index (χ0) is 8.11. The molecule has 0 radical (unpaired) electrons. The van der Waals surface area contributed by atoms with Crippen molar-refractivity contribution in [3.8, 4) is 0 Å². The third-order valence-corrected chi connectivity index (χ3v) is 3.89. The van der Waals surface area contributed by atoms with E-state index in [0.717, 1.165) is 5.92 Å². The Kier molecular flexibility index (Phi) is 1.39. The first kappa shape index (κ1) is 7.60. The van der Waals surface area contributed by atoms with Crippen LogP contribution in [-0.2, 0) is 0 Å². The SMILES string of the molecule is CC1(C)CC2(N)CCC1CC2. The average molecular weight is 153 g/mol. The van der Waals surface area contributed by atoms with E-state index in [1.165, 1.54) is 32.1 Å². The lowest BCUT2D eigenvalue weighted by Gasteiger charge is -2.53. The maximum absolute atomic E-state index is 6.27. The smallest absolute Gasteiger partial charge is 0.0159 e. The Morgan fingerprint density at radius 3 is 2.00 bits per heavy atom. The summed E-state index contributed by atoms with van der Waals surface area (Å²) in [6.45, 7) is 4.77. The van der Waals surface area contributed by atoms with Gasteiger partial charge in [0, 0.05) is 5.54 Å². The Balaban J connectivity index is 2.22. The molecule has 1 heteroatoms. The van der Waals surface area contributed by atoms with Crippen LogP contribution < -0.4 is 5.73 Å². The molecule has 0 heterocycles. The molecular formula is C10H19N. The van der Waals surface area contributed by atoms with Crippen molar-refractivity contribution in [2.75, 3.05) is 0 Å². The Morgan fingerprint density at radius 2 is 1.73 bits per heavy atom. The van der Waals surface area contributed by atoms with Crippen molar-refractivity contribution in [3.05, 3.63) is 0 Å². The van der Waals surface area contributed by atoms with Gasteiger partial charge in [0.2, 0.25) is 0 Å². The summed E-state index contributed by atoms with van der Waals surface area (Å²) in [7, 11) is 0. The fourth-order valence-corrected chi connectivity index (χ4v) is 3.20. The largest absolute Gasteiger partial charge is 0.325 e. The summed E-state index contributed by atoms with van der Waals surface area (Å²) < 4.78 is 0. The van der Waals surface area contributed by atoms with Crippen molar-refractivity contribution in [3.63, 3.8) is 0 Å². The standard InChI is InChI=1S/C10H19N/c1-9(2)7-10(11)5-3-8(9)4-6-10/h8H,3-7,11H2,1-2H3. The highest BCUT2D eigenvalue weighted by Gasteiger charge is 2.47. The zero-order valence-electron chi connectivity index (χ0n) is 7.69. The van der Waals surface area contributed by atoms with Crippen molar-refractivity contribution >= 4 is 0 Å². The predicted octanol–water partition coefficient (Wildman–Crippen LogP) is 2.30. The summed E-state index contributed by atoms with van der Waals surface area (Å²) in [4.78, 5) is 0. The maximum Gasteiger partial charge on any atom is 0.0159 e. The van der Waals surface area contributed by atoms with Gasteiger partial charge >= 0.3 is 0 Å². The third-order valence-electron chi connectivity index (χ3n) is 3.89. The molecule has 2 N–H and O–H groups in total. The lowest BCUT2D eigenvalue weighted by molar-refractivity contribution is 0.0121. The second kappa shape index (κ2) is 2.01. The van der Waals surface area contributed by atoms with Gasteiger partial charge < -0.3 is 5.73 Å². The number of fused-ring (bicyclic) bond motifs is 3. The number of rotatable bonds is 0. The molecule has 0 unspecified atom stereocenters. The molecule has 2 bridgehead atoms. The van der Waals surface area contributed by atoms with Crippen LogP contribution in [0.4, 0.5) is 0 Å². The molecule has 0 amide bonds. The summed E-state index contributed by atoms with van der Waals surface area (Å²) in [5.41, 5.74) is 7.03. The molecular weight excluding hydrogens is 134 g/mol. The van der Waals surface area contributed by atoms with E-state index in [0.29, 0.717) is 5.41 Å². The minimum Gasteiger partial charge on any atom is -0.325 e. The van der Waals surface area contributed by atoms with Crippen LogP contribution in [0.15, 0.2) is 0 Å². The minimum absolute atomic E-state index is 0.220. The van der Waals surface area contributed by atoms with Crippen LogP contribution in [0.5, 0.6) is 0 Å². The zero-order valence-corrected chi connectivity index (χ0v) is 7.69. The molecule has 0 spiro atoms. The predicted molar refractivity (Wildman–Crippen MR) is 47.3 cm³/mol. The Bertz CT molecular complexity index is 161. The first-order chi connectivity index (χ1) is 5.02. The minimum atomic E-state index is 0.220. The fourth-order valence-electron chi connectivity index (χ4n) is 3.20. The van der Waals surface area contributed by atoms with Crippen molar-refractivity contribution in [2.24, 2.45) is 17.1 Å². The van der Waals surface area contributed by atoms with Crippen LogP contribution in [-0.4, -0.2) is 5.54 Å². The van der Waals surface area contributed by atoms with Crippen LogP contribution in [0, 0.1) is 11.3 Å². The van der Waals surface area contributed by atoms with Crippen LogP contribution in [0.25, 0.3) is 0 Å². The van der Waals surface area contributed by atoms with Crippen molar-refractivity contribution in [2.45, 2.75) is 51.5 Å². The topological polar surface area (TPSA) is 26.0 Å². The van der Waals surface area contributed by atoms with E-state index in [-0.39, 0.29) is 5.54 Å². The van der Waals surface area contributed by atoms with Crippen LogP contribution in [0.1, 0.15) is 46.0 Å². The van der Waals surface area contributed by atoms with Crippen LogP contribution in [0.2, 0.25) is 0 Å². The van der Waals surface area contributed by atoms with E-state index in [4.69, 9.17) is 5.73 Å². The molecule has 3 saturated carbocycles. The molecule has 3 aliphatic carbocycles. The second-order valence-electron chi connectivity index (χ2n) is 5.30. The second-order valence-corrected chi connectivity index (χ2v) is 5.30. The Hall–Kier alpha value is -0.0400.